The molecule has 1 unspecified atom stereocenters. The van der Waals surface area contributed by atoms with E-state index in [1.807, 2.05) is 6.07 Å². The van der Waals surface area contributed by atoms with Crippen LogP contribution in [0.1, 0.15) is 18.4 Å². The van der Waals surface area contributed by atoms with E-state index in [9.17, 15) is 0 Å². The summed E-state index contributed by atoms with van der Waals surface area (Å²) in [7, 11) is 0. The summed E-state index contributed by atoms with van der Waals surface area (Å²) in [5.74, 6) is 0. The smallest absolute Gasteiger partial charge is 0.0711 e. The van der Waals surface area contributed by atoms with E-state index in [1.54, 1.807) is 0 Å². The van der Waals surface area contributed by atoms with E-state index >= 15 is 0 Å². The quantitative estimate of drug-likeness (QED) is 0.807. The van der Waals surface area contributed by atoms with E-state index in [1.165, 1.54) is 17.6 Å². The third kappa shape index (κ3) is 2.17. The van der Waals surface area contributed by atoms with Crippen LogP contribution in [-0.2, 0) is 0 Å². The van der Waals surface area contributed by atoms with Gasteiger partial charge in [-0.05, 0) is 30.1 Å². The van der Waals surface area contributed by atoms with Crippen molar-refractivity contribution in [3.8, 4) is 0 Å². The van der Waals surface area contributed by atoms with Crippen molar-refractivity contribution in [1.82, 2.24) is 10.9 Å². The fourth-order valence-corrected chi connectivity index (χ4v) is 2.24. The minimum absolute atomic E-state index is 0.293. The summed E-state index contributed by atoms with van der Waals surface area (Å²) >= 11 is 0. The first-order valence-corrected chi connectivity index (χ1v) is 6.09. The second-order valence-electron chi connectivity index (χ2n) is 4.38. The molecule has 0 amide bonds. The molecule has 0 fully saturated rings. The van der Waals surface area contributed by atoms with Gasteiger partial charge >= 0.3 is 0 Å². The topological polar surface area (TPSA) is 24.1 Å². The van der Waals surface area contributed by atoms with Crippen LogP contribution in [0.2, 0.25) is 0 Å². The predicted octanol–water partition coefficient (Wildman–Crippen LogP) is 2.78. The number of hydrogen-bond acceptors (Lipinski definition) is 2. The van der Waals surface area contributed by atoms with Gasteiger partial charge in [0.25, 0.3) is 0 Å². The van der Waals surface area contributed by atoms with Crippen LogP contribution < -0.4 is 10.9 Å². The van der Waals surface area contributed by atoms with Gasteiger partial charge in [0.1, 0.15) is 0 Å². The molecule has 86 valence electrons. The van der Waals surface area contributed by atoms with Gasteiger partial charge in [0.15, 0.2) is 0 Å². The van der Waals surface area contributed by atoms with E-state index < -0.39 is 0 Å². The Kier molecular flexibility index (Phi) is 2.80. The molecule has 0 spiro atoms. The Labute approximate surface area is 102 Å². The molecule has 1 aliphatic carbocycles. The number of benzene rings is 1. The van der Waals surface area contributed by atoms with E-state index in [0.717, 1.165) is 12.1 Å². The van der Waals surface area contributed by atoms with Gasteiger partial charge in [-0.3, -0.25) is 0 Å². The molecule has 0 saturated carbocycles. The number of allylic oxidation sites excluding steroid dienone is 2. The largest absolute Gasteiger partial charge is 0.320 e. The molecule has 3 rings (SSSR count). The molecule has 2 N–H and O–H groups in total. The average Bonchev–Trinajstić information content (AvgIpc) is 2.90. The van der Waals surface area contributed by atoms with E-state index in [2.05, 4.69) is 59.4 Å². The molecule has 0 aromatic heterocycles. The lowest BCUT2D eigenvalue weighted by molar-refractivity contribution is 0.647. The van der Waals surface area contributed by atoms with Crippen LogP contribution in [0, 0.1) is 0 Å². The minimum Gasteiger partial charge on any atom is -0.320 e. The second kappa shape index (κ2) is 4.60. The summed E-state index contributed by atoms with van der Waals surface area (Å²) in [5.41, 5.74) is 10.3. The maximum absolute atomic E-state index is 3.31. The first-order valence-electron chi connectivity index (χ1n) is 6.09. The van der Waals surface area contributed by atoms with Gasteiger partial charge in [0.05, 0.1) is 11.7 Å². The normalized spacial score (nSPS) is 22.9. The average molecular weight is 224 g/mol. The van der Waals surface area contributed by atoms with Crippen molar-refractivity contribution in [2.45, 2.75) is 18.9 Å². The van der Waals surface area contributed by atoms with Crippen molar-refractivity contribution >= 4 is 5.70 Å². The molecular weight excluding hydrogens is 208 g/mol. The fraction of sp³-hybridized carbons (Fsp3) is 0.200. The molecule has 1 aliphatic heterocycles. The Bertz CT molecular complexity index is 483. The number of hydrogen-bond donors (Lipinski definition) is 2. The third-order valence-electron chi connectivity index (χ3n) is 3.16. The Hall–Kier alpha value is -1.80. The van der Waals surface area contributed by atoms with Crippen molar-refractivity contribution < 1.29 is 0 Å². The van der Waals surface area contributed by atoms with Crippen molar-refractivity contribution in [3.63, 3.8) is 0 Å². The Morgan fingerprint density at radius 3 is 2.71 bits per heavy atom. The lowest BCUT2D eigenvalue weighted by Gasteiger charge is -2.12. The SMILES string of the molecule is C1=CC(C2C=C(c3ccccc3)NN2)=CCC1. The highest BCUT2D eigenvalue weighted by Gasteiger charge is 2.18. The van der Waals surface area contributed by atoms with Gasteiger partial charge in [-0.1, -0.05) is 48.6 Å². The highest BCUT2D eigenvalue weighted by atomic mass is 15.4. The molecule has 1 atom stereocenters. The molecule has 1 aromatic carbocycles. The van der Waals surface area contributed by atoms with E-state index in [4.69, 9.17) is 0 Å². The Morgan fingerprint density at radius 1 is 1.06 bits per heavy atom. The number of hydrazine groups is 1. The molecule has 2 heteroatoms. The van der Waals surface area contributed by atoms with Crippen molar-refractivity contribution in [3.05, 3.63) is 65.8 Å². The van der Waals surface area contributed by atoms with Crippen molar-refractivity contribution in [2.75, 3.05) is 0 Å². The molecule has 2 nitrogen and oxygen atoms in total. The van der Waals surface area contributed by atoms with Crippen molar-refractivity contribution in [2.24, 2.45) is 0 Å². The van der Waals surface area contributed by atoms with Crippen LogP contribution in [0.5, 0.6) is 0 Å². The fourth-order valence-electron chi connectivity index (χ4n) is 2.24. The highest BCUT2D eigenvalue weighted by Crippen LogP contribution is 2.21. The van der Waals surface area contributed by atoms with E-state index in [0.29, 0.717) is 6.04 Å². The Balaban J connectivity index is 1.82. The summed E-state index contributed by atoms with van der Waals surface area (Å²) in [6.45, 7) is 0. The maximum atomic E-state index is 3.31. The monoisotopic (exact) mass is 224 g/mol. The van der Waals surface area contributed by atoms with Gasteiger partial charge in [0, 0.05) is 0 Å². The number of rotatable bonds is 2. The lowest BCUT2D eigenvalue weighted by atomic mass is 10.00. The van der Waals surface area contributed by atoms with Crippen LogP contribution in [0.4, 0.5) is 0 Å². The zero-order chi connectivity index (χ0) is 11.5. The van der Waals surface area contributed by atoms with Crippen LogP contribution >= 0.6 is 0 Å². The number of nitrogens with one attached hydrogen (secondary N) is 2. The standard InChI is InChI=1S/C15H16N2/c1-3-7-12(8-4-1)14-11-15(17-16-14)13-9-5-2-6-10-13/h1,3-5,7-11,15-17H,2,6H2. The summed E-state index contributed by atoms with van der Waals surface area (Å²) in [6.07, 6.45) is 11.3. The zero-order valence-electron chi connectivity index (χ0n) is 9.69. The van der Waals surface area contributed by atoms with Gasteiger partial charge in [-0.25, -0.2) is 5.43 Å². The van der Waals surface area contributed by atoms with Gasteiger partial charge < -0.3 is 5.43 Å². The van der Waals surface area contributed by atoms with Crippen LogP contribution in [0.15, 0.2) is 60.2 Å². The molecule has 17 heavy (non-hydrogen) atoms. The summed E-state index contributed by atoms with van der Waals surface area (Å²) < 4.78 is 0. The first-order chi connectivity index (χ1) is 8.43. The van der Waals surface area contributed by atoms with Gasteiger partial charge in [-0.2, -0.15) is 0 Å². The minimum atomic E-state index is 0.293. The lowest BCUT2D eigenvalue weighted by Crippen LogP contribution is -2.32. The maximum Gasteiger partial charge on any atom is 0.0711 e. The highest BCUT2D eigenvalue weighted by molar-refractivity contribution is 5.67. The zero-order valence-corrected chi connectivity index (χ0v) is 9.69. The predicted molar refractivity (Wildman–Crippen MR) is 70.9 cm³/mol. The Morgan fingerprint density at radius 2 is 1.94 bits per heavy atom. The molecule has 2 aliphatic rings. The van der Waals surface area contributed by atoms with Crippen LogP contribution in [0.25, 0.3) is 5.70 Å². The first kappa shape index (κ1) is 10.4. The summed E-state index contributed by atoms with van der Waals surface area (Å²) in [4.78, 5) is 0. The molecule has 0 radical (unpaired) electrons. The molecule has 1 aromatic rings. The van der Waals surface area contributed by atoms with Crippen LogP contribution in [-0.4, -0.2) is 6.04 Å². The molecule has 0 saturated heterocycles. The summed E-state index contributed by atoms with van der Waals surface area (Å²) in [6, 6.07) is 10.7. The summed E-state index contributed by atoms with van der Waals surface area (Å²) in [5, 5.41) is 0. The van der Waals surface area contributed by atoms with Gasteiger partial charge in [0.2, 0.25) is 0 Å². The molecule has 0 bridgehead atoms. The molecule has 1 heterocycles. The van der Waals surface area contributed by atoms with Gasteiger partial charge in [-0.15, -0.1) is 0 Å². The third-order valence-corrected chi connectivity index (χ3v) is 3.16. The second-order valence-corrected chi connectivity index (χ2v) is 4.38. The van der Waals surface area contributed by atoms with Crippen LogP contribution in [0.3, 0.4) is 0 Å². The van der Waals surface area contributed by atoms with E-state index in [-0.39, 0.29) is 0 Å². The van der Waals surface area contributed by atoms with Crippen molar-refractivity contribution in [1.29, 1.82) is 0 Å². The molecular formula is C15H16N2.